The van der Waals surface area contributed by atoms with Crippen molar-refractivity contribution in [3.05, 3.63) is 52.3 Å². The van der Waals surface area contributed by atoms with Gasteiger partial charge in [-0.25, -0.2) is 0 Å². The maximum Gasteiger partial charge on any atom is 0.0625 e. The van der Waals surface area contributed by atoms with Gasteiger partial charge in [0.05, 0.1) is 11.4 Å². The first-order chi connectivity index (χ1) is 9.10. The van der Waals surface area contributed by atoms with Crippen molar-refractivity contribution < 1.29 is 0 Å². The van der Waals surface area contributed by atoms with E-state index in [0.717, 1.165) is 23.7 Å². The van der Waals surface area contributed by atoms with E-state index in [4.69, 9.17) is 11.6 Å². The van der Waals surface area contributed by atoms with Crippen molar-refractivity contribution in [2.24, 2.45) is 7.05 Å². The van der Waals surface area contributed by atoms with Crippen LogP contribution in [0.3, 0.4) is 0 Å². The quantitative estimate of drug-likeness (QED) is 0.907. The highest BCUT2D eigenvalue weighted by Crippen LogP contribution is 2.17. The zero-order valence-electron chi connectivity index (χ0n) is 11.7. The molecule has 0 aliphatic carbocycles. The van der Waals surface area contributed by atoms with Crippen LogP contribution in [0.2, 0.25) is 5.02 Å². The highest BCUT2D eigenvalue weighted by molar-refractivity contribution is 6.30. The summed E-state index contributed by atoms with van der Waals surface area (Å²) in [6.45, 7) is 5.06. The van der Waals surface area contributed by atoms with Gasteiger partial charge in [-0.05, 0) is 37.1 Å². The second kappa shape index (κ2) is 6.22. The number of aryl methyl sites for hydroxylation is 2. The zero-order chi connectivity index (χ0) is 13.8. The summed E-state index contributed by atoms with van der Waals surface area (Å²) in [5.41, 5.74) is 3.53. The molecule has 0 aliphatic heterocycles. The maximum atomic E-state index is 6.01. The third kappa shape index (κ3) is 3.58. The minimum atomic E-state index is 0.263. The predicted octanol–water partition coefficient (Wildman–Crippen LogP) is 3.49. The van der Waals surface area contributed by atoms with E-state index in [-0.39, 0.29) is 6.04 Å². The molecular formula is C15H20ClN3. The van der Waals surface area contributed by atoms with Crippen LogP contribution in [0.1, 0.15) is 36.8 Å². The summed E-state index contributed by atoms with van der Waals surface area (Å²) >= 11 is 6.01. The Morgan fingerprint density at radius 3 is 2.79 bits per heavy atom. The lowest BCUT2D eigenvalue weighted by Gasteiger charge is -2.14. The second-order valence-electron chi connectivity index (χ2n) is 4.76. The van der Waals surface area contributed by atoms with E-state index in [1.54, 1.807) is 0 Å². The average molecular weight is 278 g/mol. The molecule has 4 heteroatoms. The topological polar surface area (TPSA) is 29.9 Å². The first-order valence-corrected chi connectivity index (χ1v) is 6.98. The zero-order valence-corrected chi connectivity index (χ0v) is 12.4. The van der Waals surface area contributed by atoms with Crippen LogP contribution >= 0.6 is 11.6 Å². The number of nitrogens with zero attached hydrogens (tertiary/aromatic N) is 2. The molecule has 0 unspecified atom stereocenters. The van der Waals surface area contributed by atoms with E-state index in [1.165, 1.54) is 11.3 Å². The third-order valence-electron chi connectivity index (χ3n) is 3.33. The number of rotatable bonds is 5. The van der Waals surface area contributed by atoms with Gasteiger partial charge in [-0.2, -0.15) is 5.10 Å². The van der Waals surface area contributed by atoms with Gasteiger partial charge in [-0.3, -0.25) is 4.68 Å². The number of hydrogen-bond donors (Lipinski definition) is 1. The fraction of sp³-hybridized carbons (Fsp3) is 0.400. The Hall–Kier alpha value is -1.32. The predicted molar refractivity (Wildman–Crippen MR) is 79.3 cm³/mol. The molecule has 2 rings (SSSR count). The standard InChI is InChI=1S/C15H20ClN3/c1-4-14-9-15(19(3)18-14)10-17-11(2)12-6-5-7-13(16)8-12/h5-9,11,17H,4,10H2,1-3H3/t11-/m1/s1. The normalized spacial score (nSPS) is 12.6. The molecule has 1 atom stereocenters. The molecule has 0 saturated carbocycles. The number of halogens is 1. The molecule has 1 heterocycles. The minimum absolute atomic E-state index is 0.263. The van der Waals surface area contributed by atoms with Gasteiger partial charge >= 0.3 is 0 Å². The minimum Gasteiger partial charge on any atom is -0.305 e. The Morgan fingerprint density at radius 1 is 1.37 bits per heavy atom. The number of hydrogen-bond acceptors (Lipinski definition) is 2. The molecule has 0 fully saturated rings. The summed E-state index contributed by atoms with van der Waals surface area (Å²) in [5.74, 6) is 0. The molecule has 3 nitrogen and oxygen atoms in total. The molecule has 0 radical (unpaired) electrons. The summed E-state index contributed by atoms with van der Waals surface area (Å²) in [5, 5.41) is 8.73. The van der Waals surface area contributed by atoms with Crippen molar-refractivity contribution in [3.8, 4) is 0 Å². The smallest absolute Gasteiger partial charge is 0.0625 e. The third-order valence-corrected chi connectivity index (χ3v) is 3.56. The van der Waals surface area contributed by atoms with Crippen LogP contribution < -0.4 is 5.32 Å². The molecule has 2 aromatic rings. The lowest BCUT2D eigenvalue weighted by atomic mass is 10.1. The first kappa shape index (κ1) is 14.1. The summed E-state index contributed by atoms with van der Waals surface area (Å²) in [6, 6.07) is 10.4. The highest BCUT2D eigenvalue weighted by atomic mass is 35.5. The maximum absolute atomic E-state index is 6.01. The van der Waals surface area contributed by atoms with E-state index >= 15 is 0 Å². The average Bonchev–Trinajstić information content (AvgIpc) is 2.76. The van der Waals surface area contributed by atoms with Gasteiger partial charge in [-0.15, -0.1) is 0 Å². The van der Waals surface area contributed by atoms with Crippen LogP contribution in [-0.4, -0.2) is 9.78 Å². The molecule has 1 aromatic heterocycles. The van der Waals surface area contributed by atoms with Crippen molar-refractivity contribution >= 4 is 11.6 Å². The van der Waals surface area contributed by atoms with Gasteiger partial charge in [0.2, 0.25) is 0 Å². The first-order valence-electron chi connectivity index (χ1n) is 6.60. The summed E-state index contributed by atoms with van der Waals surface area (Å²) in [7, 11) is 1.99. The Kier molecular flexibility index (Phi) is 4.61. The lowest BCUT2D eigenvalue weighted by Crippen LogP contribution is -2.19. The van der Waals surface area contributed by atoms with Crippen molar-refractivity contribution in [1.29, 1.82) is 0 Å². The Bertz CT molecular complexity index is 548. The van der Waals surface area contributed by atoms with E-state index in [2.05, 4.69) is 36.4 Å². The fourth-order valence-electron chi connectivity index (χ4n) is 2.06. The Labute approximate surface area is 119 Å². The molecule has 102 valence electrons. The summed E-state index contributed by atoms with van der Waals surface area (Å²) < 4.78 is 1.94. The molecule has 0 bridgehead atoms. The highest BCUT2D eigenvalue weighted by Gasteiger charge is 2.08. The van der Waals surface area contributed by atoms with Gasteiger partial charge in [0, 0.05) is 24.7 Å². The Morgan fingerprint density at radius 2 is 2.16 bits per heavy atom. The van der Waals surface area contributed by atoms with Gasteiger partial charge in [-0.1, -0.05) is 30.7 Å². The van der Waals surface area contributed by atoms with Crippen LogP contribution in [-0.2, 0) is 20.0 Å². The van der Waals surface area contributed by atoms with E-state index in [0.29, 0.717) is 0 Å². The van der Waals surface area contributed by atoms with E-state index in [1.807, 2.05) is 29.9 Å². The molecule has 19 heavy (non-hydrogen) atoms. The summed E-state index contributed by atoms with van der Waals surface area (Å²) in [4.78, 5) is 0. The SMILES string of the molecule is CCc1cc(CN[C@H](C)c2cccc(Cl)c2)n(C)n1. The summed E-state index contributed by atoms with van der Waals surface area (Å²) in [6.07, 6.45) is 0.970. The van der Waals surface area contributed by atoms with Crippen LogP contribution in [0.4, 0.5) is 0 Å². The van der Waals surface area contributed by atoms with E-state index < -0.39 is 0 Å². The molecule has 0 aliphatic rings. The second-order valence-corrected chi connectivity index (χ2v) is 5.20. The van der Waals surface area contributed by atoms with Crippen LogP contribution in [0, 0.1) is 0 Å². The number of aromatic nitrogens is 2. The van der Waals surface area contributed by atoms with Crippen LogP contribution in [0.5, 0.6) is 0 Å². The number of nitrogens with one attached hydrogen (secondary N) is 1. The van der Waals surface area contributed by atoms with Gasteiger partial charge in [0.25, 0.3) is 0 Å². The van der Waals surface area contributed by atoms with Gasteiger partial charge < -0.3 is 5.32 Å². The van der Waals surface area contributed by atoms with Crippen LogP contribution in [0.15, 0.2) is 30.3 Å². The molecule has 0 amide bonds. The molecular weight excluding hydrogens is 258 g/mol. The van der Waals surface area contributed by atoms with Crippen molar-refractivity contribution in [1.82, 2.24) is 15.1 Å². The lowest BCUT2D eigenvalue weighted by molar-refractivity contribution is 0.548. The van der Waals surface area contributed by atoms with Crippen molar-refractivity contribution in [3.63, 3.8) is 0 Å². The number of benzene rings is 1. The molecule has 1 aromatic carbocycles. The molecule has 1 N–H and O–H groups in total. The van der Waals surface area contributed by atoms with Gasteiger partial charge in [0.15, 0.2) is 0 Å². The monoisotopic (exact) mass is 277 g/mol. The Balaban J connectivity index is 2.00. The molecule has 0 saturated heterocycles. The van der Waals surface area contributed by atoms with Crippen LogP contribution in [0.25, 0.3) is 0 Å². The van der Waals surface area contributed by atoms with Crippen molar-refractivity contribution in [2.45, 2.75) is 32.9 Å². The largest absolute Gasteiger partial charge is 0.305 e. The fourth-order valence-corrected chi connectivity index (χ4v) is 2.26. The molecule has 0 spiro atoms. The van der Waals surface area contributed by atoms with E-state index in [9.17, 15) is 0 Å². The van der Waals surface area contributed by atoms with Gasteiger partial charge in [0.1, 0.15) is 0 Å². The van der Waals surface area contributed by atoms with Crippen molar-refractivity contribution in [2.75, 3.05) is 0 Å².